The van der Waals surface area contributed by atoms with Gasteiger partial charge in [-0.25, -0.2) is 0 Å². The highest BCUT2D eigenvalue weighted by atomic mass is 14.6. The lowest BCUT2D eigenvalue weighted by molar-refractivity contribution is 1.33. The molecule has 0 amide bonds. The van der Waals surface area contributed by atoms with Crippen LogP contribution >= 0.6 is 0 Å². The zero-order valence-corrected chi connectivity index (χ0v) is 20.8. The van der Waals surface area contributed by atoms with Crippen LogP contribution in [0.2, 0.25) is 0 Å². The number of fused-ring (bicyclic) bond motifs is 2. The summed E-state index contributed by atoms with van der Waals surface area (Å²) in [6.45, 7) is 0. The smallest absolute Gasteiger partial charge is 0.0346 e. The molecule has 0 aliphatic rings. The number of pyridine rings is 2. The monoisotopic (exact) mass is 484 g/mol. The van der Waals surface area contributed by atoms with Gasteiger partial charge in [0, 0.05) is 35.9 Å². The summed E-state index contributed by atoms with van der Waals surface area (Å²) in [5, 5.41) is 4.82. The van der Waals surface area contributed by atoms with E-state index in [4.69, 9.17) is 0 Å². The maximum absolute atomic E-state index is 4.49. The third kappa shape index (κ3) is 3.84. The molecule has 2 nitrogen and oxygen atoms in total. The van der Waals surface area contributed by atoms with Crippen LogP contribution in [0.5, 0.6) is 0 Å². The van der Waals surface area contributed by atoms with E-state index in [2.05, 4.69) is 119 Å². The van der Waals surface area contributed by atoms with Gasteiger partial charge in [-0.3, -0.25) is 9.97 Å². The number of hydrogen-bond donors (Lipinski definition) is 0. The lowest BCUT2D eigenvalue weighted by atomic mass is 9.84. The third-order valence-electron chi connectivity index (χ3n) is 7.23. The first kappa shape index (κ1) is 22.1. The first-order chi connectivity index (χ1) is 18.9. The van der Waals surface area contributed by atoms with E-state index in [-0.39, 0.29) is 0 Å². The van der Waals surface area contributed by atoms with Gasteiger partial charge < -0.3 is 0 Å². The summed E-state index contributed by atoms with van der Waals surface area (Å²) in [4.78, 5) is 8.98. The molecule has 38 heavy (non-hydrogen) atoms. The van der Waals surface area contributed by atoms with Crippen LogP contribution in [-0.4, -0.2) is 9.97 Å². The normalized spacial score (nSPS) is 11.2. The molecule has 0 bridgehead atoms. The Bertz CT molecular complexity index is 1740. The van der Waals surface area contributed by atoms with Gasteiger partial charge in [-0.2, -0.15) is 0 Å². The molecule has 0 atom stereocenters. The molecule has 2 heterocycles. The van der Waals surface area contributed by atoms with Crippen molar-refractivity contribution in [1.29, 1.82) is 0 Å². The molecule has 5 aromatic carbocycles. The molecule has 2 heteroatoms. The van der Waals surface area contributed by atoms with E-state index in [1.54, 1.807) is 0 Å². The molecule has 0 saturated heterocycles. The fraction of sp³-hybridized carbons (Fsp3) is 0. The average molecular weight is 485 g/mol. The zero-order chi connectivity index (χ0) is 25.3. The minimum Gasteiger partial charge on any atom is -0.264 e. The van der Waals surface area contributed by atoms with Crippen molar-refractivity contribution >= 4 is 21.5 Å². The third-order valence-corrected chi connectivity index (χ3v) is 7.23. The Morgan fingerprint density at radius 2 is 0.737 bits per heavy atom. The van der Waals surface area contributed by atoms with Crippen LogP contribution in [0.3, 0.4) is 0 Å². The molecule has 0 N–H and O–H groups in total. The topological polar surface area (TPSA) is 25.8 Å². The van der Waals surface area contributed by atoms with E-state index >= 15 is 0 Å². The maximum Gasteiger partial charge on any atom is 0.0346 e. The van der Waals surface area contributed by atoms with E-state index in [0.29, 0.717) is 0 Å². The zero-order valence-electron chi connectivity index (χ0n) is 20.8. The lowest BCUT2D eigenvalue weighted by Crippen LogP contribution is -1.93. The first-order valence-electron chi connectivity index (χ1n) is 12.8. The van der Waals surface area contributed by atoms with Gasteiger partial charge in [0.1, 0.15) is 0 Å². The highest BCUT2D eigenvalue weighted by Crippen LogP contribution is 2.45. The van der Waals surface area contributed by atoms with Crippen molar-refractivity contribution in [3.63, 3.8) is 0 Å². The molecule has 0 radical (unpaired) electrons. The van der Waals surface area contributed by atoms with E-state index in [1.165, 1.54) is 54.9 Å². The predicted octanol–water partition coefficient (Wildman–Crippen LogP) is 9.45. The number of hydrogen-bond acceptors (Lipinski definition) is 2. The minimum absolute atomic E-state index is 1.11. The molecule has 0 saturated carbocycles. The Labute approximate surface area is 221 Å². The van der Waals surface area contributed by atoms with Gasteiger partial charge in [0.25, 0.3) is 0 Å². The van der Waals surface area contributed by atoms with Crippen molar-refractivity contribution in [3.8, 4) is 44.5 Å². The van der Waals surface area contributed by atoms with Crippen molar-refractivity contribution in [2.45, 2.75) is 0 Å². The summed E-state index contributed by atoms with van der Waals surface area (Å²) in [6, 6.07) is 43.2. The van der Waals surface area contributed by atoms with Crippen LogP contribution in [0, 0.1) is 0 Å². The van der Waals surface area contributed by atoms with Gasteiger partial charge in [-0.15, -0.1) is 0 Å². The van der Waals surface area contributed by atoms with Crippen molar-refractivity contribution in [1.82, 2.24) is 9.97 Å². The molecule has 0 spiro atoms. The van der Waals surface area contributed by atoms with Gasteiger partial charge in [0.05, 0.1) is 0 Å². The Kier molecular flexibility index (Phi) is 5.49. The second kappa shape index (κ2) is 9.42. The van der Waals surface area contributed by atoms with E-state index in [9.17, 15) is 0 Å². The molecule has 7 rings (SSSR count). The molecular weight excluding hydrogens is 460 g/mol. The van der Waals surface area contributed by atoms with Crippen LogP contribution in [0.1, 0.15) is 0 Å². The Balaban J connectivity index is 1.64. The highest BCUT2D eigenvalue weighted by Gasteiger charge is 2.18. The van der Waals surface area contributed by atoms with Crippen molar-refractivity contribution in [3.05, 3.63) is 146 Å². The summed E-state index contributed by atoms with van der Waals surface area (Å²) in [6.07, 6.45) is 7.61. The minimum atomic E-state index is 1.11. The Hall–Kier alpha value is -5.08. The van der Waals surface area contributed by atoms with Gasteiger partial charge in [-0.1, -0.05) is 97.1 Å². The second-order valence-corrected chi connectivity index (χ2v) is 9.49. The molecule has 0 unspecified atom stereocenters. The lowest BCUT2D eigenvalue weighted by Gasteiger charge is -2.19. The SMILES string of the molecule is c1ccc(-c2ccc3c(-c4cccnc4)c4cc(-c5ccccc5)ccc4c(-c4cccnc4)c3c2)cc1. The number of benzene rings is 5. The van der Waals surface area contributed by atoms with E-state index in [1.807, 2.05) is 36.9 Å². The molecule has 0 aliphatic carbocycles. The Morgan fingerprint density at radius 1 is 0.316 bits per heavy atom. The van der Waals surface area contributed by atoms with Crippen molar-refractivity contribution in [2.75, 3.05) is 0 Å². The van der Waals surface area contributed by atoms with Gasteiger partial charge in [0.2, 0.25) is 0 Å². The molecular formula is C36H24N2. The number of rotatable bonds is 4. The van der Waals surface area contributed by atoms with Gasteiger partial charge >= 0.3 is 0 Å². The number of aromatic nitrogens is 2. The molecule has 2 aromatic heterocycles. The van der Waals surface area contributed by atoms with Crippen molar-refractivity contribution < 1.29 is 0 Å². The van der Waals surface area contributed by atoms with Gasteiger partial charge in [-0.05, 0) is 79.2 Å². The number of nitrogens with zero attached hydrogens (tertiary/aromatic N) is 2. The predicted molar refractivity (Wildman–Crippen MR) is 159 cm³/mol. The molecule has 178 valence electrons. The van der Waals surface area contributed by atoms with E-state index < -0.39 is 0 Å². The summed E-state index contributed by atoms with van der Waals surface area (Å²) < 4.78 is 0. The highest BCUT2D eigenvalue weighted by molar-refractivity contribution is 6.22. The van der Waals surface area contributed by atoms with Crippen molar-refractivity contribution in [2.24, 2.45) is 0 Å². The van der Waals surface area contributed by atoms with Gasteiger partial charge in [0.15, 0.2) is 0 Å². The van der Waals surface area contributed by atoms with E-state index in [0.717, 1.165) is 11.1 Å². The standard InChI is InChI=1S/C36H24N2/c1-3-9-25(10-4-1)27-15-17-31-33(21-27)35(29-13-7-19-37-23-29)32-18-16-28(26-11-5-2-6-12-26)22-34(32)36(31)30-14-8-20-38-24-30/h1-24H. The van der Waals surface area contributed by atoms with Crippen LogP contribution in [0.25, 0.3) is 66.1 Å². The summed E-state index contributed by atoms with van der Waals surface area (Å²) in [5.41, 5.74) is 9.42. The quantitative estimate of drug-likeness (QED) is 0.233. The summed E-state index contributed by atoms with van der Waals surface area (Å²) >= 11 is 0. The molecule has 0 fully saturated rings. The first-order valence-corrected chi connectivity index (χ1v) is 12.8. The average Bonchev–Trinajstić information content (AvgIpc) is 3.01. The summed E-state index contributed by atoms with van der Waals surface area (Å²) in [5.74, 6) is 0. The molecule has 0 aliphatic heterocycles. The summed E-state index contributed by atoms with van der Waals surface area (Å²) in [7, 11) is 0. The maximum atomic E-state index is 4.49. The Morgan fingerprint density at radius 3 is 1.13 bits per heavy atom. The fourth-order valence-electron chi connectivity index (χ4n) is 5.49. The fourth-order valence-corrected chi connectivity index (χ4v) is 5.49. The van der Waals surface area contributed by atoms with Crippen LogP contribution in [-0.2, 0) is 0 Å². The van der Waals surface area contributed by atoms with Crippen LogP contribution < -0.4 is 0 Å². The molecule has 7 aromatic rings. The van der Waals surface area contributed by atoms with Crippen LogP contribution in [0.4, 0.5) is 0 Å². The van der Waals surface area contributed by atoms with Crippen LogP contribution in [0.15, 0.2) is 146 Å². The largest absolute Gasteiger partial charge is 0.264 e. The second-order valence-electron chi connectivity index (χ2n) is 9.49.